The highest BCUT2D eigenvalue weighted by atomic mass is 32.1. The van der Waals surface area contributed by atoms with Gasteiger partial charge in [-0.15, -0.1) is 11.3 Å². The number of rotatable bonds is 5. The summed E-state index contributed by atoms with van der Waals surface area (Å²) in [5, 5.41) is 11.1. The third-order valence-electron chi connectivity index (χ3n) is 2.43. The molecule has 0 unspecified atom stereocenters. The topological polar surface area (TPSA) is 62.5 Å². The minimum absolute atomic E-state index is 0.228. The minimum Gasteiger partial charge on any atom is -0.490 e. The van der Waals surface area contributed by atoms with Crippen molar-refractivity contribution in [1.82, 2.24) is 4.98 Å². The molecule has 0 spiro atoms. The SMILES string of the molecule is C[NH2+]CCCOc1cc2sc(C#N)nc2cc1F. The molecule has 6 heteroatoms. The Morgan fingerprint density at radius 3 is 3.11 bits per heavy atom. The second-order valence-electron chi connectivity index (χ2n) is 3.78. The Hall–Kier alpha value is -1.71. The molecule has 94 valence electrons. The molecular weight excluding hydrogens is 253 g/mol. The summed E-state index contributed by atoms with van der Waals surface area (Å²) >= 11 is 1.24. The lowest BCUT2D eigenvalue weighted by Crippen LogP contribution is -2.79. The van der Waals surface area contributed by atoms with E-state index in [-0.39, 0.29) is 5.75 Å². The van der Waals surface area contributed by atoms with Crippen LogP contribution in [0.5, 0.6) is 5.75 Å². The fourth-order valence-electron chi connectivity index (χ4n) is 1.56. The second kappa shape index (κ2) is 5.76. The minimum atomic E-state index is -0.433. The van der Waals surface area contributed by atoms with Gasteiger partial charge in [0, 0.05) is 18.6 Å². The Labute approximate surface area is 108 Å². The van der Waals surface area contributed by atoms with Gasteiger partial charge in [-0.05, 0) is 0 Å². The largest absolute Gasteiger partial charge is 0.490 e. The summed E-state index contributed by atoms with van der Waals surface area (Å²) < 4.78 is 19.9. The number of thiazole rings is 1. The summed E-state index contributed by atoms with van der Waals surface area (Å²) in [6.45, 7) is 1.43. The van der Waals surface area contributed by atoms with E-state index in [1.54, 1.807) is 6.07 Å². The van der Waals surface area contributed by atoms with Crippen LogP contribution >= 0.6 is 11.3 Å². The number of ether oxygens (including phenoxy) is 1. The first-order valence-electron chi connectivity index (χ1n) is 5.65. The van der Waals surface area contributed by atoms with Crippen LogP contribution in [0.15, 0.2) is 12.1 Å². The maximum atomic E-state index is 13.7. The van der Waals surface area contributed by atoms with E-state index in [1.165, 1.54) is 17.4 Å². The lowest BCUT2D eigenvalue weighted by atomic mass is 10.3. The lowest BCUT2D eigenvalue weighted by molar-refractivity contribution is -0.627. The van der Waals surface area contributed by atoms with Crippen molar-refractivity contribution in [3.8, 4) is 11.8 Å². The van der Waals surface area contributed by atoms with Crippen LogP contribution in [0.4, 0.5) is 4.39 Å². The third-order valence-corrected chi connectivity index (χ3v) is 3.36. The quantitative estimate of drug-likeness (QED) is 0.829. The van der Waals surface area contributed by atoms with Crippen molar-refractivity contribution in [1.29, 1.82) is 5.26 Å². The molecule has 2 aromatic rings. The van der Waals surface area contributed by atoms with Crippen LogP contribution in [-0.4, -0.2) is 25.2 Å². The van der Waals surface area contributed by atoms with E-state index < -0.39 is 5.82 Å². The summed E-state index contributed by atoms with van der Waals surface area (Å²) in [6, 6.07) is 4.88. The van der Waals surface area contributed by atoms with Crippen molar-refractivity contribution in [2.75, 3.05) is 20.2 Å². The van der Waals surface area contributed by atoms with Gasteiger partial charge in [0.2, 0.25) is 0 Å². The first-order chi connectivity index (χ1) is 8.74. The molecule has 2 rings (SSSR count). The van der Waals surface area contributed by atoms with Crippen molar-refractivity contribution in [3.05, 3.63) is 23.0 Å². The second-order valence-corrected chi connectivity index (χ2v) is 4.81. The van der Waals surface area contributed by atoms with Gasteiger partial charge >= 0.3 is 0 Å². The van der Waals surface area contributed by atoms with Gasteiger partial charge in [-0.3, -0.25) is 0 Å². The molecule has 0 amide bonds. The van der Waals surface area contributed by atoms with Crippen LogP contribution in [0.2, 0.25) is 0 Å². The van der Waals surface area contributed by atoms with E-state index in [1.807, 2.05) is 18.4 Å². The van der Waals surface area contributed by atoms with Crippen LogP contribution < -0.4 is 10.1 Å². The maximum Gasteiger partial charge on any atom is 0.195 e. The first-order valence-corrected chi connectivity index (χ1v) is 6.47. The van der Waals surface area contributed by atoms with Gasteiger partial charge < -0.3 is 10.1 Å². The van der Waals surface area contributed by atoms with Crippen LogP contribution in [-0.2, 0) is 0 Å². The maximum absolute atomic E-state index is 13.7. The molecular formula is C12H13FN3OS+. The van der Waals surface area contributed by atoms with Gasteiger partial charge in [0.05, 0.1) is 30.4 Å². The van der Waals surface area contributed by atoms with E-state index in [0.717, 1.165) is 17.7 Å². The summed E-state index contributed by atoms with van der Waals surface area (Å²) in [7, 11) is 1.98. The van der Waals surface area contributed by atoms with E-state index >= 15 is 0 Å². The zero-order valence-electron chi connectivity index (χ0n) is 9.94. The van der Waals surface area contributed by atoms with Crippen LogP contribution in [0.3, 0.4) is 0 Å². The molecule has 2 N–H and O–H groups in total. The fraction of sp³-hybridized carbons (Fsp3) is 0.333. The number of quaternary nitrogens is 1. The van der Waals surface area contributed by atoms with E-state index in [0.29, 0.717) is 17.1 Å². The molecule has 0 aliphatic carbocycles. The smallest absolute Gasteiger partial charge is 0.195 e. The number of benzene rings is 1. The molecule has 0 atom stereocenters. The number of halogens is 1. The predicted octanol–water partition coefficient (Wildman–Crippen LogP) is 1.27. The molecule has 4 nitrogen and oxygen atoms in total. The molecule has 0 fully saturated rings. The van der Waals surface area contributed by atoms with Gasteiger partial charge in [-0.25, -0.2) is 9.37 Å². The summed E-state index contributed by atoms with van der Waals surface area (Å²) in [5.41, 5.74) is 0.503. The molecule has 0 bridgehead atoms. The van der Waals surface area contributed by atoms with Gasteiger partial charge in [-0.2, -0.15) is 5.26 Å². The molecule has 0 radical (unpaired) electrons. The van der Waals surface area contributed by atoms with Crippen molar-refractivity contribution < 1.29 is 14.4 Å². The number of nitrogens with two attached hydrogens (primary N) is 1. The third kappa shape index (κ3) is 2.75. The number of nitrogens with zero attached hydrogens (tertiary/aromatic N) is 2. The van der Waals surface area contributed by atoms with Gasteiger partial charge in [0.1, 0.15) is 6.07 Å². The van der Waals surface area contributed by atoms with Crippen molar-refractivity contribution in [3.63, 3.8) is 0 Å². The Kier molecular flexibility index (Phi) is 4.07. The first kappa shape index (κ1) is 12.7. The monoisotopic (exact) mass is 266 g/mol. The highest BCUT2D eigenvalue weighted by Gasteiger charge is 2.10. The summed E-state index contributed by atoms with van der Waals surface area (Å²) in [5.74, 6) is -0.204. The van der Waals surface area contributed by atoms with E-state index in [9.17, 15) is 4.39 Å². The molecule has 1 heterocycles. The van der Waals surface area contributed by atoms with Crippen molar-refractivity contribution in [2.24, 2.45) is 0 Å². The zero-order chi connectivity index (χ0) is 13.0. The lowest BCUT2D eigenvalue weighted by Gasteiger charge is -2.06. The highest BCUT2D eigenvalue weighted by molar-refractivity contribution is 7.19. The number of hydrogen-bond acceptors (Lipinski definition) is 4. The molecule has 0 aliphatic rings. The molecule has 0 saturated carbocycles. The molecule has 18 heavy (non-hydrogen) atoms. The van der Waals surface area contributed by atoms with Gasteiger partial charge in [0.15, 0.2) is 16.6 Å². The van der Waals surface area contributed by atoms with Crippen LogP contribution in [0.25, 0.3) is 10.2 Å². The summed E-state index contributed by atoms with van der Waals surface area (Å²) in [6.07, 6.45) is 0.861. The Morgan fingerprint density at radius 1 is 1.56 bits per heavy atom. The Morgan fingerprint density at radius 2 is 2.39 bits per heavy atom. The normalized spacial score (nSPS) is 10.5. The average Bonchev–Trinajstić information content (AvgIpc) is 2.76. The Balaban J connectivity index is 2.18. The fourth-order valence-corrected chi connectivity index (χ4v) is 2.33. The Bertz CT molecular complexity index is 591. The van der Waals surface area contributed by atoms with Gasteiger partial charge in [-0.1, -0.05) is 0 Å². The predicted molar refractivity (Wildman–Crippen MR) is 67.1 cm³/mol. The van der Waals surface area contributed by atoms with E-state index in [2.05, 4.69) is 4.98 Å². The van der Waals surface area contributed by atoms with Gasteiger partial charge in [0.25, 0.3) is 0 Å². The number of fused-ring (bicyclic) bond motifs is 1. The van der Waals surface area contributed by atoms with Crippen LogP contribution in [0.1, 0.15) is 11.4 Å². The average molecular weight is 266 g/mol. The molecule has 1 aromatic heterocycles. The highest BCUT2D eigenvalue weighted by Crippen LogP contribution is 2.28. The number of nitriles is 1. The molecule has 1 aromatic carbocycles. The van der Waals surface area contributed by atoms with E-state index in [4.69, 9.17) is 10.00 Å². The zero-order valence-corrected chi connectivity index (χ0v) is 10.8. The standard InChI is InChI=1S/C12H12FN3OS/c1-15-3-2-4-17-10-6-11-9(5-8(10)13)16-12(7-14)18-11/h5-6,15H,2-4H2,1H3/p+1. The summed E-state index contributed by atoms with van der Waals surface area (Å²) in [4.78, 5) is 4.00. The van der Waals surface area contributed by atoms with Crippen molar-refractivity contribution >= 4 is 21.6 Å². The van der Waals surface area contributed by atoms with Crippen molar-refractivity contribution in [2.45, 2.75) is 6.42 Å². The number of aromatic nitrogens is 1. The van der Waals surface area contributed by atoms with Crippen LogP contribution in [0, 0.1) is 17.1 Å². The molecule has 0 saturated heterocycles. The number of hydrogen-bond donors (Lipinski definition) is 1. The molecule has 0 aliphatic heterocycles.